The number of benzene rings is 1. The van der Waals surface area contributed by atoms with Gasteiger partial charge in [0.2, 0.25) is 0 Å². The monoisotopic (exact) mass is 288 g/mol. The molecule has 0 aromatic heterocycles. The van der Waals surface area contributed by atoms with E-state index in [0.717, 1.165) is 19.6 Å². The van der Waals surface area contributed by atoms with Gasteiger partial charge >= 0.3 is 6.03 Å². The Kier molecular flexibility index (Phi) is 3.90. The van der Waals surface area contributed by atoms with Crippen molar-refractivity contribution in [2.24, 2.45) is 5.73 Å². The molecule has 2 fully saturated rings. The van der Waals surface area contributed by atoms with Crippen LogP contribution < -0.4 is 15.5 Å². The number of hydrogen-bond acceptors (Lipinski definition) is 3. The van der Waals surface area contributed by atoms with Gasteiger partial charge < -0.3 is 20.4 Å². The molecule has 2 amide bonds. The zero-order valence-corrected chi connectivity index (χ0v) is 12.7. The molecular weight excluding hydrogens is 264 g/mol. The lowest BCUT2D eigenvalue weighted by molar-refractivity contribution is 0.204. The van der Waals surface area contributed by atoms with Gasteiger partial charge in [0.1, 0.15) is 0 Å². The highest BCUT2D eigenvalue weighted by Gasteiger charge is 2.22. The number of carbonyl (C=O) groups is 1. The Hall–Kier alpha value is -1.91. The first-order chi connectivity index (χ1) is 10.1. The first-order valence-corrected chi connectivity index (χ1v) is 7.81. The van der Waals surface area contributed by atoms with Gasteiger partial charge in [-0.3, -0.25) is 0 Å². The van der Waals surface area contributed by atoms with E-state index in [9.17, 15) is 4.79 Å². The Morgan fingerprint density at radius 3 is 2.19 bits per heavy atom. The molecule has 2 aliphatic rings. The predicted octanol–water partition coefficient (Wildman–Crippen LogP) is 1.88. The van der Waals surface area contributed by atoms with E-state index in [-0.39, 0.29) is 6.03 Å². The second kappa shape index (κ2) is 5.84. The van der Waals surface area contributed by atoms with E-state index in [2.05, 4.69) is 41.0 Å². The van der Waals surface area contributed by atoms with E-state index in [1.54, 1.807) is 4.90 Å². The number of piperazine rings is 1. The normalized spacial score (nSPS) is 22.7. The lowest BCUT2D eigenvalue weighted by atomic mass is 10.2. The fourth-order valence-electron chi connectivity index (χ4n) is 3.36. The van der Waals surface area contributed by atoms with Crippen LogP contribution in [0.25, 0.3) is 0 Å². The van der Waals surface area contributed by atoms with Crippen molar-refractivity contribution in [3.8, 4) is 0 Å². The fourth-order valence-corrected chi connectivity index (χ4v) is 3.36. The summed E-state index contributed by atoms with van der Waals surface area (Å²) in [6.45, 7) is 6.58. The van der Waals surface area contributed by atoms with Gasteiger partial charge in [-0.25, -0.2) is 4.79 Å². The molecule has 0 saturated carbocycles. The van der Waals surface area contributed by atoms with E-state index >= 15 is 0 Å². The van der Waals surface area contributed by atoms with Crippen molar-refractivity contribution in [3.63, 3.8) is 0 Å². The highest BCUT2D eigenvalue weighted by atomic mass is 16.2. The quantitative estimate of drug-likeness (QED) is 0.904. The number of carbonyl (C=O) groups excluding carboxylic acids is 1. The van der Waals surface area contributed by atoms with Crippen LogP contribution in [0.5, 0.6) is 0 Å². The molecule has 21 heavy (non-hydrogen) atoms. The van der Waals surface area contributed by atoms with Crippen LogP contribution in [0.1, 0.15) is 19.8 Å². The molecule has 0 radical (unpaired) electrons. The molecule has 2 saturated heterocycles. The highest BCUT2D eigenvalue weighted by Crippen LogP contribution is 2.27. The third kappa shape index (κ3) is 2.91. The fraction of sp³-hybridized carbons (Fsp3) is 0.562. The molecule has 1 atom stereocenters. The summed E-state index contributed by atoms with van der Waals surface area (Å²) in [5.41, 5.74) is 7.87. The number of amides is 2. The third-order valence-corrected chi connectivity index (χ3v) is 4.69. The number of primary amides is 1. The van der Waals surface area contributed by atoms with Crippen LogP contribution in [0.15, 0.2) is 24.3 Å². The standard InChI is InChI=1S/C16H24N4O/c1-13-3-2-8-20(13)15-6-4-14(5-7-15)18-9-11-19(12-10-18)16(17)21/h4-7,13H,2-3,8-12H2,1H3,(H2,17,21). The summed E-state index contributed by atoms with van der Waals surface area (Å²) >= 11 is 0. The van der Waals surface area contributed by atoms with Crippen LogP contribution in [0.2, 0.25) is 0 Å². The van der Waals surface area contributed by atoms with Crippen molar-refractivity contribution in [1.82, 2.24) is 4.90 Å². The van der Waals surface area contributed by atoms with Crippen LogP contribution in [0, 0.1) is 0 Å². The highest BCUT2D eigenvalue weighted by molar-refractivity contribution is 5.72. The summed E-state index contributed by atoms with van der Waals surface area (Å²) in [7, 11) is 0. The molecular formula is C16H24N4O. The molecule has 5 heteroatoms. The molecule has 2 N–H and O–H groups in total. The molecule has 1 unspecified atom stereocenters. The van der Waals surface area contributed by atoms with Gasteiger partial charge in [-0.15, -0.1) is 0 Å². The first-order valence-electron chi connectivity index (χ1n) is 7.81. The average Bonchev–Trinajstić information content (AvgIpc) is 2.94. The zero-order valence-electron chi connectivity index (χ0n) is 12.7. The second-order valence-corrected chi connectivity index (χ2v) is 6.01. The van der Waals surface area contributed by atoms with Gasteiger partial charge in [0.05, 0.1) is 0 Å². The molecule has 0 bridgehead atoms. The van der Waals surface area contributed by atoms with Gasteiger partial charge in [-0.05, 0) is 44.0 Å². The Balaban J connectivity index is 1.64. The molecule has 2 heterocycles. The maximum Gasteiger partial charge on any atom is 0.314 e. The summed E-state index contributed by atoms with van der Waals surface area (Å²) in [5.74, 6) is 0. The van der Waals surface area contributed by atoms with Gasteiger partial charge in [-0.2, -0.15) is 0 Å². The number of anilines is 2. The lowest BCUT2D eigenvalue weighted by Gasteiger charge is -2.35. The Bertz CT molecular complexity index is 494. The summed E-state index contributed by atoms with van der Waals surface area (Å²) in [6, 6.07) is 9.17. The Labute approximate surface area is 126 Å². The van der Waals surface area contributed by atoms with Crippen molar-refractivity contribution in [2.75, 3.05) is 42.5 Å². The molecule has 3 rings (SSSR count). The van der Waals surface area contributed by atoms with Gasteiger partial charge in [0.25, 0.3) is 0 Å². The summed E-state index contributed by atoms with van der Waals surface area (Å²) in [4.78, 5) is 17.6. The Morgan fingerprint density at radius 2 is 1.67 bits per heavy atom. The minimum Gasteiger partial charge on any atom is -0.369 e. The van der Waals surface area contributed by atoms with E-state index in [1.807, 2.05) is 0 Å². The number of hydrogen-bond donors (Lipinski definition) is 1. The topological polar surface area (TPSA) is 52.8 Å². The van der Waals surface area contributed by atoms with Crippen LogP contribution in [-0.2, 0) is 0 Å². The van der Waals surface area contributed by atoms with Crippen molar-refractivity contribution < 1.29 is 4.79 Å². The van der Waals surface area contributed by atoms with E-state index in [4.69, 9.17) is 5.73 Å². The van der Waals surface area contributed by atoms with Crippen LogP contribution in [0.3, 0.4) is 0 Å². The van der Waals surface area contributed by atoms with Gasteiger partial charge in [0, 0.05) is 50.1 Å². The van der Waals surface area contributed by atoms with Gasteiger partial charge in [0.15, 0.2) is 0 Å². The molecule has 114 valence electrons. The molecule has 0 aliphatic carbocycles. The zero-order chi connectivity index (χ0) is 14.8. The van der Waals surface area contributed by atoms with Crippen molar-refractivity contribution >= 4 is 17.4 Å². The number of nitrogens with zero attached hydrogens (tertiary/aromatic N) is 3. The Morgan fingerprint density at radius 1 is 1.05 bits per heavy atom. The molecule has 5 nitrogen and oxygen atoms in total. The molecule has 1 aromatic rings. The first kappa shape index (κ1) is 14.0. The van der Waals surface area contributed by atoms with Crippen molar-refractivity contribution in [3.05, 3.63) is 24.3 Å². The minimum absolute atomic E-state index is 0.312. The lowest BCUT2D eigenvalue weighted by Crippen LogP contribution is -2.50. The molecule has 2 aliphatic heterocycles. The summed E-state index contributed by atoms with van der Waals surface area (Å²) < 4.78 is 0. The summed E-state index contributed by atoms with van der Waals surface area (Å²) in [6.07, 6.45) is 2.58. The van der Waals surface area contributed by atoms with Crippen LogP contribution >= 0.6 is 0 Å². The smallest absolute Gasteiger partial charge is 0.314 e. The number of urea groups is 1. The van der Waals surface area contributed by atoms with E-state index in [1.165, 1.54) is 24.2 Å². The van der Waals surface area contributed by atoms with Crippen LogP contribution in [0.4, 0.5) is 16.2 Å². The largest absolute Gasteiger partial charge is 0.369 e. The van der Waals surface area contributed by atoms with E-state index < -0.39 is 0 Å². The number of nitrogens with two attached hydrogens (primary N) is 1. The van der Waals surface area contributed by atoms with E-state index in [0.29, 0.717) is 19.1 Å². The molecule has 0 spiro atoms. The third-order valence-electron chi connectivity index (χ3n) is 4.69. The maximum absolute atomic E-state index is 11.1. The number of rotatable bonds is 2. The second-order valence-electron chi connectivity index (χ2n) is 6.01. The van der Waals surface area contributed by atoms with Crippen molar-refractivity contribution in [2.45, 2.75) is 25.8 Å². The molecule has 1 aromatic carbocycles. The maximum atomic E-state index is 11.1. The van der Waals surface area contributed by atoms with Crippen LogP contribution in [-0.4, -0.2) is 49.7 Å². The summed E-state index contributed by atoms with van der Waals surface area (Å²) in [5, 5.41) is 0. The van der Waals surface area contributed by atoms with Crippen molar-refractivity contribution in [1.29, 1.82) is 0 Å². The predicted molar refractivity (Wildman–Crippen MR) is 85.9 cm³/mol. The average molecular weight is 288 g/mol. The SMILES string of the molecule is CC1CCCN1c1ccc(N2CCN(C(N)=O)CC2)cc1. The van der Waals surface area contributed by atoms with Gasteiger partial charge in [-0.1, -0.05) is 0 Å². The minimum atomic E-state index is -0.312.